The zero-order valence-electron chi connectivity index (χ0n) is 19.3. The Labute approximate surface area is 200 Å². The predicted octanol–water partition coefficient (Wildman–Crippen LogP) is 5.55. The minimum absolute atomic E-state index is 0.235. The highest BCUT2D eigenvalue weighted by molar-refractivity contribution is 7.99. The molecule has 0 amide bonds. The second-order valence-electron chi connectivity index (χ2n) is 9.45. The van der Waals surface area contributed by atoms with Crippen molar-refractivity contribution in [2.75, 3.05) is 25.4 Å². The van der Waals surface area contributed by atoms with Crippen LogP contribution in [-0.4, -0.2) is 50.0 Å². The first-order valence-electron chi connectivity index (χ1n) is 11.6. The van der Waals surface area contributed by atoms with Crippen LogP contribution in [0.15, 0.2) is 40.2 Å². The van der Waals surface area contributed by atoms with E-state index in [4.69, 9.17) is 4.42 Å². The van der Waals surface area contributed by atoms with Gasteiger partial charge >= 0.3 is 6.18 Å². The molecule has 182 valence electrons. The van der Waals surface area contributed by atoms with Crippen LogP contribution in [0.3, 0.4) is 0 Å². The Hall–Kier alpha value is -2.33. The number of alkyl halides is 3. The van der Waals surface area contributed by atoms with Gasteiger partial charge < -0.3 is 13.9 Å². The van der Waals surface area contributed by atoms with Crippen molar-refractivity contribution in [3.63, 3.8) is 0 Å². The highest BCUT2D eigenvalue weighted by Gasteiger charge is 2.55. The van der Waals surface area contributed by atoms with Gasteiger partial charge in [-0.05, 0) is 74.7 Å². The van der Waals surface area contributed by atoms with Crippen molar-refractivity contribution in [1.82, 2.24) is 24.6 Å². The van der Waals surface area contributed by atoms with E-state index in [1.807, 2.05) is 18.5 Å². The molecule has 10 heteroatoms. The molecule has 1 unspecified atom stereocenters. The third kappa shape index (κ3) is 4.62. The van der Waals surface area contributed by atoms with Gasteiger partial charge in [0.05, 0.1) is 11.3 Å². The molecule has 2 atom stereocenters. The molecule has 3 heterocycles. The van der Waals surface area contributed by atoms with Gasteiger partial charge in [0, 0.05) is 19.3 Å². The van der Waals surface area contributed by atoms with E-state index < -0.39 is 11.7 Å². The molecule has 1 aliphatic heterocycles. The lowest BCUT2D eigenvalue weighted by atomic mass is 9.89. The van der Waals surface area contributed by atoms with Crippen LogP contribution in [0.5, 0.6) is 0 Å². The molecule has 5 rings (SSSR count). The fourth-order valence-corrected chi connectivity index (χ4v) is 6.06. The molecule has 0 N–H and O–H groups in total. The summed E-state index contributed by atoms with van der Waals surface area (Å²) < 4.78 is 46.0. The van der Waals surface area contributed by atoms with Gasteiger partial charge in [-0.15, -0.1) is 10.2 Å². The van der Waals surface area contributed by atoms with Crippen molar-refractivity contribution in [2.45, 2.75) is 49.9 Å². The van der Waals surface area contributed by atoms with Gasteiger partial charge in [0.2, 0.25) is 5.82 Å². The predicted molar refractivity (Wildman–Crippen MR) is 123 cm³/mol. The number of hydrogen-bond donors (Lipinski definition) is 0. The first-order valence-corrected chi connectivity index (χ1v) is 12.6. The second-order valence-corrected chi connectivity index (χ2v) is 10.5. The average Bonchev–Trinajstić information content (AvgIpc) is 3.10. The van der Waals surface area contributed by atoms with Crippen LogP contribution >= 0.6 is 11.8 Å². The van der Waals surface area contributed by atoms with E-state index in [2.05, 4.69) is 20.1 Å². The number of halogens is 3. The van der Waals surface area contributed by atoms with Crippen molar-refractivity contribution in [2.24, 2.45) is 12.5 Å². The summed E-state index contributed by atoms with van der Waals surface area (Å²) in [5.74, 6) is 2.64. The fourth-order valence-electron chi connectivity index (χ4n) is 5.23. The Morgan fingerprint density at radius 3 is 2.71 bits per heavy atom. The number of rotatable bonds is 7. The minimum Gasteiger partial charge on any atom is -0.440 e. The van der Waals surface area contributed by atoms with E-state index in [1.165, 1.54) is 18.5 Å². The lowest BCUT2D eigenvalue weighted by Crippen LogP contribution is -2.38. The smallest absolute Gasteiger partial charge is 0.416 e. The van der Waals surface area contributed by atoms with Gasteiger partial charge in [-0.3, -0.25) is 0 Å². The van der Waals surface area contributed by atoms with Gasteiger partial charge in [0.1, 0.15) is 0 Å². The number of aryl methyl sites for hydroxylation is 1. The van der Waals surface area contributed by atoms with Crippen LogP contribution in [0.2, 0.25) is 0 Å². The van der Waals surface area contributed by atoms with E-state index >= 15 is 0 Å². The van der Waals surface area contributed by atoms with Gasteiger partial charge in [0.25, 0.3) is 0 Å². The van der Waals surface area contributed by atoms with Crippen molar-refractivity contribution >= 4 is 11.8 Å². The highest BCUT2D eigenvalue weighted by Crippen LogP contribution is 2.63. The second kappa shape index (κ2) is 9.03. The van der Waals surface area contributed by atoms with E-state index in [9.17, 15) is 13.2 Å². The molecule has 2 fully saturated rings. The van der Waals surface area contributed by atoms with Gasteiger partial charge in [0.15, 0.2) is 17.3 Å². The van der Waals surface area contributed by atoms with E-state index in [0.29, 0.717) is 17.5 Å². The fraction of sp³-hybridized carbons (Fsp3) is 0.542. The zero-order valence-corrected chi connectivity index (χ0v) is 20.1. The van der Waals surface area contributed by atoms with Crippen LogP contribution in [0.1, 0.15) is 48.4 Å². The average molecular weight is 492 g/mol. The first-order chi connectivity index (χ1) is 16.3. The van der Waals surface area contributed by atoms with Crippen molar-refractivity contribution in [3.8, 4) is 11.6 Å². The SMILES string of the molecule is Cc1ncoc1-c1nnc(SCCCN2CCCC3(C[C@H]3c3ccc(C(F)(F)F)cc3)C2)n1C. The maximum atomic E-state index is 12.9. The standard InChI is InChI=1S/C24H28F3N5OS/c1-16-20(33-15-28-16)21-29-30-22(31(21)2)34-12-4-11-32-10-3-9-23(14-32)13-19(23)17-5-7-18(8-6-17)24(25,26)27/h5-8,15,19H,3-4,9-14H2,1-2H3/t19-,23?/m0/s1. The molecule has 3 aromatic rings. The highest BCUT2D eigenvalue weighted by atomic mass is 32.2. The maximum absolute atomic E-state index is 12.9. The lowest BCUT2D eigenvalue weighted by molar-refractivity contribution is -0.137. The summed E-state index contributed by atoms with van der Waals surface area (Å²) in [6, 6.07) is 5.79. The topological polar surface area (TPSA) is 60.0 Å². The third-order valence-electron chi connectivity index (χ3n) is 7.15. The zero-order chi connectivity index (χ0) is 23.9. The number of nitrogens with zero attached hydrogens (tertiary/aromatic N) is 5. The summed E-state index contributed by atoms with van der Waals surface area (Å²) in [6.45, 7) is 5.02. The number of aromatic nitrogens is 4. The Balaban J connectivity index is 1.11. The molecular weight excluding hydrogens is 463 g/mol. The van der Waals surface area contributed by atoms with Crippen LogP contribution in [-0.2, 0) is 13.2 Å². The van der Waals surface area contributed by atoms with Gasteiger partial charge in [-0.25, -0.2) is 4.98 Å². The number of oxazole rings is 1. The van der Waals surface area contributed by atoms with Gasteiger partial charge in [-0.2, -0.15) is 13.2 Å². The molecule has 6 nitrogen and oxygen atoms in total. The van der Waals surface area contributed by atoms with E-state index in [-0.39, 0.29) is 5.41 Å². The van der Waals surface area contributed by atoms with Crippen LogP contribution in [0.4, 0.5) is 13.2 Å². The Morgan fingerprint density at radius 2 is 2.00 bits per heavy atom. The number of benzene rings is 1. The van der Waals surface area contributed by atoms with Crippen molar-refractivity contribution in [1.29, 1.82) is 0 Å². The van der Waals surface area contributed by atoms with Crippen LogP contribution < -0.4 is 0 Å². The van der Waals surface area contributed by atoms with Crippen molar-refractivity contribution < 1.29 is 17.6 Å². The monoisotopic (exact) mass is 491 g/mol. The van der Waals surface area contributed by atoms with Crippen LogP contribution in [0.25, 0.3) is 11.6 Å². The van der Waals surface area contributed by atoms with Gasteiger partial charge in [-0.1, -0.05) is 23.9 Å². The molecule has 1 saturated carbocycles. The normalized spacial score (nSPS) is 23.0. The molecule has 1 spiro atoms. The van der Waals surface area contributed by atoms with E-state index in [0.717, 1.165) is 67.5 Å². The van der Waals surface area contributed by atoms with Crippen molar-refractivity contribution in [3.05, 3.63) is 47.5 Å². The third-order valence-corrected chi connectivity index (χ3v) is 8.26. The molecule has 1 aromatic carbocycles. The summed E-state index contributed by atoms with van der Waals surface area (Å²) in [5.41, 5.74) is 1.50. The summed E-state index contributed by atoms with van der Waals surface area (Å²) >= 11 is 1.68. The molecule has 2 aromatic heterocycles. The molecule has 1 saturated heterocycles. The largest absolute Gasteiger partial charge is 0.440 e. The molecule has 1 aliphatic carbocycles. The Kier molecular flexibility index (Phi) is 6.22. The number of hydrogen-bond acceptors (Lipinski definition) is 6. The summed E-state index contributed by atoms with van der Waals surface area (Å²) in [6.07, 6.45) is 1.56. The minimum atomic E-state index is -4.28. The Bertz CT molecular complexity index is 1140. The van der Waals surface area contributed by atoms with E-state index in [1.54, 1.807) is 23.9 Å². The first kappa shape index (κ1) is 23.4. The summed E-state index contributed by atoms with van der Waals surface area (Å²) in [5, 5.41) is 9.41. The number of thioether (sulfide) groups is 1. The van der Waals surface area contributed by atoms with Crippen LogP contribution in [0, 0.1) is 12.3 Å². The molecule has 34 heavy (non-hydrogen) atoms. The molecule has 2 aliphatic rings. The number of piperidine rings is 1. The summed E-state index contributed by atoms with van der Waals surface area (Å²) in [7, 11) is 1.93. The number of likely N-dealkylation sites (tertiary alicyclic amines) is 1. The maximum Gasteiger partial charge on any atom is 0.416 e. The lowest BCUT2D eigenvalue weighted by Gasteiger charge is -2.34. The Morgan fingerprint density at radius 1 is 1.21 bits per heavy atom. The molecular formula is C24H28F3N5OS. The summed E-state index contributed by atoms with van der Waals surface area (Å²) in [4.78, 5) is 6.64. The quantitative estimate of drug-likeness (QED) is 0.319. The molecule has 0 radical (unpaired) electrons. The molecule has 0 bridgehead atoms.